The first-order chi connectivity index (χ1) is 7.34. The van der Waals surface area contributed by atoms with Crippen LogP contribution in [0.2, 0.25) is 0 Å². The lowest BCUT2D eigenvalue weighted by Crippen LogP contribution is -2.48. The minimum absolute atomic E-state index is 0. The van der Waals surface area contributed by atoms with E-state index in [0.717, 1.165) is 25.2 Å². The van der Waals surface area contributed by atoms with Crippen LogP contribution < -0.4 is 10.6 Å². The summed E-state index contributed by atoms with van der Waals surface area (Å²) in [6.45, 7) is 2.87. The fraction of sp³-hybridized carbons (Fsp3) is 0.417. The van der Waals surface area contributed by atoms with Crippen LogP contribution >= 0.6 is 12.4 Å². The molecule has 2 rings (SSSR count). The Labute approximate surface area is 102 Å². The number of carbonyl (C=O) groups excluding carboxylic acids is 1. The monoisotopic (exact) mass is 240 g/mol. The minimum atomic E-state index is 0. The first kappa shape index (κ1) is 13.0. The molecule has 0 saturated carbocycles. The lowest BCUT2D eigenvalue weighted by molar-refractivity contribution is -0.120. The highest BCUT2D eigenvalue weighted by Gasteiger charge is 2.16. The van der Waals surface area contributed by atoms with E-state index >= 15 is 0 Å². The van der Waals surface area contributed by atoms with Gasteiger partial charge in [0, 0.05) is 25.6 Å². The van der Waals surface area contributed by atoms with Crippen molar-refractivity contribution in [3.63, 3.8) is 0 Å². The van der Waals surface area contributed by atoms with Crippen LogP contribution in [0.4, 0.5) is 0 Å². The van der Waals surface area contributed by atoms with E-state index in [4.69, 9.17) is 0 Å². The Kier molecular flexibility index (Phi) is 5.29. The summed E-state index contributed by atoms with van der Waals surface area (Å²) in [5.74, 6) is 0.748. The van der Waals surface area contributed by atoms with Gasteiger partial charge in [-0.05, 0) is 5.56 Å². The van der Waals surface area contributed by atoms with E-state index in [9.17, 15) is 4.79 Å². The molecule has 1 aliphatic rings. The summed E-state index contributed by atoms with van der Waals surface area (Å²) < 4.78 is 0. The van der Waals surface area contributed by atoms with E-state index in [1.54, 1.807) is 0 Å². The van der Waals surface area contributed by atoms with Gasteiger partial charge in [0.1, 0.15) is 0 Å². The van der Waals surface area contributed by atoms with Crippen molar-refractivity contribution in [2.75, 3.05) is 19.6 Å². The van der Waals surface area contributed by atoms with Crippen molar-refractivity contribution >= 4 is 18.3 Å². The fourth-order valence-corrected chi connectivity index (χ4v) is 1.59. The standard InChI is InChI=1S/C12H16N2O.ClH/c15-12(14-9-11-7-13-8-11)6-10-4-2-1-3-5-10;/h1-5,11,13H,6-9H2,(H,14,15);1H. The second kappa shape index (κ2) is 6.51. The van der Waals surface area contributed by atoms with Gasteiger partial charge in [0.2, 0.25) is 5.91 Å². The normalized spacial score (nSPS) is 14.8. The lowest BCUT2D eigenvalue weighted by atomic mass is 10.0. The zero-order valence-corrected chi connectivity index (χ0v) is 9.93. The van der Waals surface area contributed by atoms with Crippen LogP contribution in [0, 0.1) is 5.92 Å². The summed E-state index contributed by atoms with van der Waals surface area (Å²) in [7, 11) is 0. The molecule has 0 unspecified atom stereocenters. The zero-order valence-electron chi connectivity index (χ0n) is 9.11. The van der Waals surface area contributed by atoms with Gasteiger partial charge in [-0.1, -0.05) is 30.3 Å². The summed E-state index contributed by atoms with van der Waals surface area (Å²) in [5.41, 5.74) is 1.07. The van der Waals surface area contributed by atoms with Gasteiger partial charge in [-0.25, -0.2) is 0 Å². The Morgan fingerprint density at radius 1 is 1.31 bits per heavy atom. The molecule has 88 valence electrons. The maximum atomic E-state index is 11.5. The predicted octanol–water partition coefficient (Wildman–Crippen LogP) is 0.986. The second-order valence-corrected chi connectivity index (χ2v) is 3.99. The topological polar surface area (TPSA) is 41.1 Å². The van der Waals surface area contributed by atoms with E-state index < -0.39 is 0 Å². The molecule has 2 N–H and O–H groups in total. The third kappa shape index (κ3) is 3.83. The quantitative estimate of drug-likeness (QED) is 0.824. The molecule has 1 aliphatic heterocycles. The van der Waals surface area contributed by atoms with E-state index in [1.807, 2.05) is 30.3 Å². The summed E-state index contributed by atoms with van der Waals surface area (Å²) in [5, 5.41) is 6.14. The van der Waals surface area contributed by atoms with Gasteiger partial charge in [-0.15, -0.1) is 12.4 Å². The Morgan fingerprint density at radius 2 is 2.00 bits per heavy atom. The summed E-state index contributed by atoms with van der Waals surface area (Å²) in [4.78, 5) is 11.5. The third-order valence-electron chi connectivity index (χ3n) is 2.66. The van der Waals surface area contributed by atoms with E-state index in [1.165, 1.54) is 0 Å². The Balaban J connectivity index is 0.00000128. The van der Waals surface area contributed by atoms with Gasteiger partial charge in [0.05, 0.1) is 6.42 Å². The van der Waals surface area contributed by atoms with Crippen LogP contribution in [-0.2, 0) is 11.2 Å². The number of halogens is 1. The predicted molar refractivity (Wildman–Crippen MR) is 66.8 cm³/mol. The number of hydrogen-bond acceptors (Lipinski definition) is 2. The molecule has 4 heteroatoms. The van der Waals surface area contributed by atoms with Crippen molar-refractivity contribution in [1.29, 1.82) is 0 Å². The average Bonchev–Trinajstić information content (AvgIpc) is 2.17. The summed E-state index contributed by atoms with van der Waals surface area (Å²) in [6.07, 6.45) is 0.487. The molecule has 0 aliphatic carbocycles. The minimum Gasteiger partial charge on any atom is -0.355 e. The van der Waals surface area contributed by atoms with Crippen molar-refractivity contribution in [3.8, 4) is 0 Å². The van der Waals surface area contributed by atoms with Crippen LogP contribution in [0.5, 0.6) is 0 Å². The first-order valence-corrected chi connectivity index (χ1v) is 5.36. The zero-order chi connectivity index (χ0) is 10.5. The number of amides is 1. The number of nitrogens with one attached hydrogen (secondary N) is 2. The van der Waals surface area contributed by atoms with Crippen LogP contribution in [0.1, 0.15) is 5.56 Å². The molecule has 1 aromatic carbocycles. The number of benzene rings is 1. The average molecular weight is 241 g/mol. The Morgan fingerprint density at radius 3 is 2.56 bits per heavy atom. The first-order valence-electron chi connectivity index (χ1n) is 5.36. The number of hydrogen-bond donors (Lipinski definition) is 2. The van der Waals surface area contributed by atoms with Gasteiger partial charge in [0.15, 0.2) is 0 Å². The van der Waals surface area contributed by atoms with Gasteiger partial charge < -0.3 is 10.6 Å². The molecule has 1 saturated heterocycles. The summed E-state index contributed by atoms with van der Waals surface area (Å²) >= 11 is 0. The van der Waals surface area contributed by atoms with Gasteiger partial charge >= 0.3 is 0 Å². The largest absolute Gasteiger partial charge is 0.355 e. The molecule has 1 aromatic rings. The van der Waals surface area contributed by atoms with Crippen molar-refractivity contribution in [2.45, 2.75) is 6.42 Å². The number of carbonyl (C=O) groups is 1. The van der Waals surface area contributed by atoms with Crippen molar-refractivity contribution in [1.82, 2.24) is 10.6 Å². The molecule has 0 radical (unpaired) electrons. The van der Waals surface area contributed by atoms with Crippen molar-refractivity contribution < 1.29 is 4.79 Å². The van der Waals surface area contributed by atoms with Crippen LogP contribution in [-0.4, -0.2) is 25.5 Å². The molecule has 3 nitrogen and oxygen atoms in total. The van der Waals surface area contributed by atoms with Gasteiger partial charge in [-0.2, -0.15) is 0 Å². The Hall–Kier alpha value is -1.06. The Bertz CT molecular complexity index is 325. The van der Waals surface area contributed by atoms with Crippen LogP contribution in [0.25, 0.3) is 0 Å². The lowest BCUT2D eigenvalue weighted by Gasteiger charge is -2.27. The van der Waals surface area contributed by atoms with Crippen molar-refractivity contribution in [2.24, 2.45) is 5.92 Å². The molecule has 0 atom stereocenters. The molecular weight excluding hydrogens is 224 g/mol. The highest BCUT2D eigenvalue weighted by molar-refractivity contribution is 5.85. The maximum Gasteiger partial charge on any atom is 0.224 e. The van der Waals surface area contributed by atoms with E-state index in [2.05, 4.69) is 10.6 Å². The van der Waals surface area contributed by atoms with Crippen LogP contribution in [0.3, 0.4) is 0 Å². The smallest absolute Gasteiger partial charge is 0.224 e. The molecule has 0 bridgehead atoms. The number of rotatable bonds is 4. The SMILES string of the molecule is Cl.O=C(Cc1ccccc1)NCC1CNC1. The van der Waals surface area contributed by atoms with E-state index in [0.29, 0.717) is 12.3 Å². The highest BCUT2D eigenvalue weighted by Crippen LogP contribution is 2.02. The molecule has 1 amide bonds. The molecule has 0 aromatic heterocycles. The third-order valence-corrected chi connectivity index (χ3v) is 2.66. The summed E-state index contributed by atoms with van der Waals surface area (Å²) in [6, 6.07) is 9.83. The second-order valence-electron chi connectivity index (χ2n) is 3.99. The molecule has 16 heavy (non-hydrogen) atoms. The fourth-order valence-electron chi connectivity index (χ4n) is 1.59. The van der Waals surface area contributed by atoms with Gasteiger partial charge in [-0.3, -0.25) is 4.79 Å². The molecule has 1 heterocycles. The highest BCUT2D eigenvalue weighted by atomic mass is 35.5. The van der Waals surface area contributed by atoms with Crippen molar-refractivity contribution in [3.05, 3.63) is 35.9 Å². The van der Waals surface area contributed by atoms with E-state index in [-0.39, 0.29) is 18.3 Å². The molecule has 0 spiro atoms. The molecular formula is C12H17ClN2O. The van der Waals surface area contributed by atoms with Crippen LogP contribution in [0.15, 0.2) is 30.3 Å². The maximum absolute atomic E-state index is 11.5. The molecule has 1 fully saturated rings. The van der Waals surface area contributed by atoms with Gasteiger partial charge in [0.25, 0.3) is 0 Å².